The molecule has 340 valence electrons. The molecule has 58 heavy (non-hydrogen) atoms. The van der Waals surface area contributed by atoms with Crippen molar-refractivity contribution in [3.05, 3.63) is 24.3 Å². The van der Waals surface area contributed by atoms with Crippen molar-refractivity contribution in [2.24, 2.45) is 0 Å². The summed E-state index contributed by atoms with van der Waals surface area (Å²) in [5.41, 5.74) is 0. The van der Waals surface area contributed by atoms with Gasteiger partial charge in [0.2, 0.25) is 0 Å². The van der Waals surface area contributed by atoms with E-state index in [1.165, 1.54) is 161 Å². The predicted molar refractivity (Wildman–Crippen MR) is 247 cm³/mol. The molecule has 6 nitrogen and oxygen atoms in total. The smallest absolute Gasteiger partial charge is 0.306 e. The second-order valence-corrected chi connectivity index (χ2v) is 17.1. The zero-order valence-corrected chi connectivity index (χ0v) is 38.8. The van der Waals surface area contributed by atoms with Gasteiger partial charge in [0.25, 0.3) is 0 Å². The van der Waals surface area contributed by atoms with Crippen LogP contribution in [0.2, 0.25) is 0 Å². The maximum Gasteiger partial charge on any atom is 0.306 e. The van der Waals surface area contributed by atoms with Crippen molar-refractivity contribution in [1.82, 2.24) is 0 Å². The van der Waals surface area contributed by atoms with E-state index in [1.54, 1.807) is 0 Å². The quantitative estimate of drug-likeness (QED) is 0.0263. The van der Waals surface area contributed by atoms with E-state index in [1.807, 2.05) is 0 Å². The van der Waals surface area contributed by atoms with Crippen LogP contribution in [0.25, 0.3) is 0 Å². The fourth-order valence-electron chi connectivity index (χ4n) is 7.31. The van der Waals surface area contributed by atoms with Crippen molar-refractivity contribution in [2.75, 3.05) is 13.2 Å². The number of ether oxygens (including phenoxy) is 3. The number of carbonyl (C=O) groups is 3. The second kappa shape index (κ2) is 47.6. The van der Waals surface area contributed by atoms with Gasteiger partial charge in [-0.05, 0) is 70.6 Å². The van der Waals surface area contributed by atoms with Gasteiger partial charge in [-0.1, -0.05) is 206 Å². The molecular formula is C52H96O6. The molecule has 0 aliphatic heterocycles. The number of rotatable bonds is 46. The van der Waals surface area contributed by atoms with E-state index in [0.29, 0.717) is 19.3 Å². The molecule has 1 atom stereocenters. The lowest BCUT2D eigenvalue weighted by molar-refractivity contribution is -0.167. The lowest BCUT2D eigenvalue weighted by atomic mass is 10.0. The van der Waals surface area contributed by atoms with E-state index < -0.39 is 6.10 Å². The number of hydrogen-bond donors (Lipinski definition) is 0. The highest BCUT2D eigenvalue weighted by Gasteiger charge is 2.19. The topological polar surface area (TPSA) is 78.9 Å². The molecule has 0 amide bonds. The summed E-state index contributed by atoms with van der Waals surface area (Å²) in [6, 6.07) is 0. The maximum atomic E-state index is 12.8. The summed E-state index contributed by atoms with van der Waals surface area (Å²) >= 11 is 0. The van der Waals surface area contributed by atoms with Gasteiger partial charge < -0.3 is 14.2 Å². The van der Waals surface area contributed by atoms with Crippen molar-refractivity contribution >= 4 is 17.9 Å². The first-order valence-corrected chi connectivity index (χ1v) is 25.3. The highest BCUT2D eigenvalue weighted by atomic mass is 16.6. The summed E-state index contributed by atoms with van der Waals surface area (Å²) in [7, 11) is 0. The van der Waals surface area contributed by atoms with Gasteiger partial charge in [0, 0.05) is 19.3 Å². The van der Waals surface area contributed by atoms with Crippen LogP contribution in [0.1, 0.15) is 271 Å². The SMILES string of the molecule is CCCCCC/C=C\CCCCCCCC(=O)OC[C@H](COC(=O)CCCCCCCCCCCCCC)OC(=O)CCCCCCC/C=C\CCCCCCCC. The van der Waals surface area contributed by atoms with Gasteiger partial charge in [-0.25, -0.2) is 0 Å². The lowest BCUT2D eigenvalue weighted by Crippen LogP contribution is -2.30. The fraction of sp³-hybridized carbons (Fsp3) is 0.865. The fourth-order valence-corrected chi connectivity index (χ4v) is 7.31. The molecule has 6 heteroatoms. The first-order valence-electron chi connectivity index (χ1n) is 25.3. The van der Waals surface area contributed by atoms with Crippen molar-refractivity contribution in [2.45, 2.75) is 277 Å². The van der Waals surface area contributed by atoms with Gasteiger partial charge in [0.1, 0.15) is 13.2 Å². The summed E-state index contributed by atoms with van der Waals surface area (Å²) in [5, 5.41) is 0. The molecular weight excluding hydrogens is 721 g/mol. The van der Waals surface area contributed by atoms with E-state index in [9.17, 15) is 14.4 Å². The third-order valence-corrected chi connectivity index (χ3v) is 11.2. The van der Waals surface area contributed by atoms with E-state index in [2.05, 4.69) is 45.1 Å². The molecule has 0 spiro atoms. The van der Waals surface area contributed by atoms with Crippen molar-refractivity contribution in [3.63, 3.8) is 0 Å². The van der Waals surface area contributed by atoms with Gasteiger partial charge in [0.05, 0.1) is 0 Å². The summed E-state index contributed by atoms with van der Waals surface area (Å²) in [6.45, 7) is 6.62. The van der Waals surface area contributed by atoms with Crippen LogP contribution in [0.4, 0.5) is 0 Å². The molecule has 0 saturated heterocycles. The average molecular weight is 817 g/mol. The Balaban J connectivity index is 4.37. The second-order valence-electron chi connectivity index (χ2n) is 17.1. The van der Waals surface area contributed by atoms with Crippen LogP contribution in [0.15, 0.2) is 24.3 Å². The molecule has 0 radical (unpaired) electrons. The van der Waals surface area contributed by atoms with E-state index in [0.717, 1.165) is 70.6 Å². The Labute approximate surface area is 360 Å². The van der Waals surface area contributed by atoms with Gasteiger partial charge in [-0.15, -0.1) is 0 Å². The third kappa shape index (κ3) is 45.0. The molecule has 0 aromatic carbocycles. The maximum absolute atomic E-state index is 12.8. The highest BCUT2D eigenvalue weighted by molar-refractivity contribution is 5.71. The van der Waals surface area contributed by atoms with Gasteiger partial charge in [-0.3, -0.25) is 14.4 Å². The minimum absolute atomic E-state index is 0.0737. The minimum Gasteiger partial charge on any atom is -0.462 e. The molecule has 0 aromatic rings. The molecule has 0 heterocycles. The van der Waals surface area contributed by atoms with E-state index >= 15 is 0 Å². The predicted octanol–water partition coefficient (Wildman–Crippen LogP) is 16.4. The first-order chi connectivity index (χ1) is 28.5. The summed E-state index contributed by atoms with van der Waals surface area (Å²) < 4.78 is 16.8. The molecule has 0 fully saturated rings. The Morgan fingerprint density at radius 2 is 0.569 bits per heavy atom. The van der Waals surface area contributed by atoms with Crippen LogP contribution in [-0.2, 0) is 28.6 Å². The van der Waals surface area contributed by atoms with Crippen LogP contribution >= 0.6 is 0 Å². The molecule has 0 aliphatic carbocycles. The highest BCUT2D eigenvalue weighted by Crippen LogP contribution is 2.15. The first kappa shape index (κ1) is 55.9. The monoisotopic (exact) mass is 817 g/mol. The van der Waals surface area contributed by atoms with Crippen LogP contribution in [0.3, 0.4) is 0 Å². The number of carbonyl (C=O) groups excluding carboxylic acids is 3. The molecule has 0 bridgehead atoms. The number of esters is 3. The van der Waals surface area contributed by atoms with Crippen molar-refractivity contribution in [1.29, 1.82) is 0 Å². The average Bonchev–Trinajstić information content (AvgIpc) is 3.22. The summed E-state index contributed by atoms with van der Waals surface area (Å²) in [5.74, 6) is -0.881. The molecule has 0 aliphatic rings. The van der Waals surface area contributed by atoms with Crippen molar-refractivity contribution < 1.29 is 28.6 Å². The van der Waals surface area contributed by atoms with E-state index in [-0.39, 0.29) is 31.1 Å². The molecule has 0 rings (SSSR count). The number of hydrogen-bond acceptors (Lipinski definition) is 6. The Morgan fingerprint density at radius 3 is 0.879 bits per heavy atom. The van der Waals surface area contributed by atoms with E-state index in [4.69, 9.17) is 14.2 Å². The zero-order valence-electron chi connectivity index (χ0n) is 38.8. The Kier molecular flexibility index (Phi) is 45.8. The largest absolute Gasteiger partial charge is 0.462 e. The Bertz CT molecular complexity index is 942. The standard InChI is InChI=1S/C52H96O6/c1-4-7-10-13-16-19-22-25-26-28-31-34-37-40-43-46-52(55)58-49(47-56-50(53)44-41-38-35-32-29-24-21-18-15-12-9-6-3)48-57-51(54)45-42-39-36-33-30-27-23-20-17-14-11-8-5-2/h20,23,25-26,49H,4-19,21-22,24,27-48H2,1-3H3/b23-20-,26-25-/t49-/m0/s1. The minimum atomic E-state index is -0.773. The van der Waals surface area contributed by atoms with Gasteiger partial charge in [-0.2, -0.15) is 0 Å². The van der Waals surface area contributed by atoms with Gasteiger partial charge >= 0.3 is 17.9 Å². The zero-order chi connectivity index (χ0) is 42.3. The van der Waals surface area contributed by atoms with Crippen LogP contribution < -0.4 is 0 Å². The Hall–Kier alpha value is -2.11. The van der Waals surface area contributed by atoms with Crippen molar-refractivity contribution in [3.8, 4) is 0 Å². The number of unbranched alkanes of at least 4 members (excludes halogenated alkanes) is 31. The number of allylic oxidation sites excluding steroid dienone is 4. The third-order valence-electron chi connectivity index (χ3n) is 11.2. The van der Waals surface area contributed by atoms with Crippen LogP contribution in [0.5, 0.6) is 0 Å². The normalized spacial score (nSPS) is 12.1. The molecule has 0 unspecified atom stereocenters. The lowest BCUT2D eigenvalue weighted by Gasteiger charge is -2.18. The molecule has 0 aromatic heterocycles. The molecule has 0 N–H and O–H groups in total. The van der Waals surface area contributed by atoms with Gasteiger partial charge in [0.15, 0.2) is 6.10 Å². The van der Waals surface area contributed by atoms with Crippen LogP contribution in [-0.4, -0.2) is 37.2 Å². The Morgan fingerprint density at radius 1 is 0.328 bits per heavy atom. The molecule has 0 saturated carbocycles. The van der Waals surface area contributed by atoms with Crippen LogP contribution in [0, 0.1) is 0 Å². The summed E-state index contributed by atoms with van der Waals surface area (Å²) in [4.78, 5) is 37.9. The summed E-state index contributed by atoms with van der Waals surface area (Å²) in [6.07, 6.45) is 53.0.